The molecule has 0 atom stereocenters. The lowest BCUT2D eigenvalue weighted by Crippen LogP contribution is -2.54. The largest absolute Gasteiger partial charge is 0.381 e. The zero-order valence-electron chi connectivity index (χ0n) is 9.80. The predicted molar refractivity (Wildman–Crippen MR) is 68.2 cm³/mol. The Labute approximate surface area is 101 Å². The number of hydrogen-bond acceptors (Lipinski definition) is 4. The molecule has 0 amide bonds. The molecule has 0 aromatic heterocycles. The number of rotatable bonds is 1. The monoisotopic (exact) mass is 231 g/mol. The molecule has 2 heterocycles. The van der Waals surface area contributed by atoms with E-state index in [-0.39, 0.29) is 5.54 Å². The molecule has 0 unspecified atom stereocenters. The first-order chi connectivity index (χ1) is 8.32. The molecule has 90 valence electrons. The molecule has 0 bridgehead atoms. The first-order valence-electron chi connectivity index (χ1n) is 6.05. The highest BCUT2D eigenvalue weighted by molar-refractivity contribution is 5.98. The molecule has 4 nitrogen and oxygen atoms in total. The molecule has 1 spiro atoms. The maximum absolute atomic E-state index is 6.05. The van der Waals surface area contributed by atoms with E-state index in [4.69, 9.17) is 10.5 Å². The molecule has 1 aromatic carbocycles. The second-order valence-corrected chi connectivity index (χ2v) is 4.68. The molecule has 0 saturated carbocycles. The molecule has 0 aliphatic carbocycles. The second kappa shape index (κ2) is 4.04. The van der Waals surface area contributed by atoms with Crippen LogP contribution in [0.4, 0.5) is 5.69 Å². The Bertz CT molecular complexity index is 424. The number of guanidine groups is 1. The third kappa shape index (κ3) is 1.69. The summed E-state index contributed by atoms with van der Waals surface area (Å²) in [5, 5.41) is 0. The highest BCUT2D eigenvalue weighted by Gasteiger charge is 2.44. The summed E-state index contributed by atoms with van der Waals surface area (Å²) in [7, 11) is 0. The summed E-state index contributed by atoms with van der Waals surface area (Å²) in [6, 6.07) is 10.3. The molecule has 3 rings (SSSR count). The number of para-hydroxylation sites is 1. The Morgan fingerprint density at radius 2 is 1.88 bits per heavy atom. The van der Waals surface area contributed by atoms with Gasteiger partial charge in [-0.1, -0.05) is 18.2 Å². The predicted octanol–water partition coefficient (Wildman–Crippen LogP) is 1.37. The molecule has 4 heteroatoms. The maximum atomic E-state index is 6.05. The number of nitrogens with zero attached hydrogens (tertiary/aromatic N) is 2. The van der Waals surface area contributed by atoms with Crippen molar-refractivity contribution in [2.45, 2.75) is 18.4 Å². The van der Waals surface area contributed by atoms with Gasteiger partial charge in [-0.15, -0.1) is 0 Å². The van der Waals surface area contributed by atoms with Crippen LogP contribution in [-0.2, 0) is 4.74 Å². The van der Waals surface area contributed by atoms with Crippen molar-refractivity contribution in [3.8, 4) is 0 Å². The van der Waals surface area contributed by atoms with Gasteiger partial charge >= 0.3 is 0 Å². The molecular formula is C13H17N3O. The van der Waals surface area contributed by atoms with E-state index in [1.54, 1.807) is 0 Å². The van der Waals surface area contributed by atoms with Gasteiger partial charge in [0.1, 0.15) is 0 Å². The summed E-state index contributed by atoms with van der Waals surface area (Å²) in [6.45, 7) is 2.38. The van der Waals surface area contributed by atoms with E-state index >= 15 is 0 Å². The zero-order chi connectivity index (χ0) is 11.7. The highest BCUT2D eigenvalue weighted by Crippen LogP contribution is 2.35. The van der Waals surface area contributed by atoms with E-state index < -0.39 is 0 Å². The van der Waals surface area contributed by atoms with Gasteiger partial charge in [0.25, 0.3) is 0 Å². The SMILES string of the molecule is NC1=NCC2(CCOCC2)N1c1ccccc1. The summed E-state index contributed by atoms with van der Waals surface area (Å²) in [4.78, 5) is 6.63. The Balaban J connectivity index is 1.96. The summed E-state index contributed by atoms with van der Waals surface area (Å²) in [5.41, 5.74) is 7.23. The van der Waals surface area contributed by atoms with Crippen molar-refractivity contribution in [3.63, 3.8) is 0 Å². The average Bonchev–Trinajstić information content (AvgIpc) is 2.68. The number of benzene rings is 1. The van der Waals surface area contributed by atoms with Gasteiger partial charge in [0.2, 0.25) is 0 Å². The van der Waals surface area contributed by atoms with Crippen molar-refractivity contribution < 1.29 is 4.74 Å². The van der Waals surface area contributed by atoms with Crippen molar-refractivity contribution in [1.82, 2.24) is 0 Å². The van der Waals surface area contributed by atoms with Crippen LogP contribution in [0.3, 0.4) is 0 Å². The van der Waals surface area contributed by atoms with E-state index in [0.29, 0.717) is 5.96 Å². The van der Waals surface area contributed by atoms with Crippen LogP contribution in [0, 0.1) is 0 Å². The Morgan fingerprint density at radius 3 is 2.59 bits per heavy atom. The Kier molecular flexibility index (Phi) is 2.52. The van der Waals surface area contributed by atoms with E-state index in [0.717, 1.165) is 38.3 Å². The van der Waals surface area contributed by atoms with Gasteiger partial charge < -0.3 is 15.4 Å². The lowest BCUT2D eigenvalue weighted by molar-refractivity contribution is 0.0594. The van der Waals surface area contributed by atoms with E-state index in [9.17, 15) is 0 Å². The van der Waals surface area contributed by atoms with Crippen LogP contribution in [0.5, 0.6) is 0 Å². The first-order valence-corrected chi connectivity index (χ1v) is 6.05. The fourth-order valence-corrected chi connectivity index (χ4v) is 2.73. The summed E-state index contributed by atoms with van der Waals surface area (Å²) < 4.78 is 5.46. The van der Waals surface area contributed by atoms with Crippen molar-refractivity contribution in [2.75, 3.05) is 24.7 Å². The minimum absolute atomic E-state index is 0.0453. The average molecular weight is 231 g/mol. The fourth-order valence-electron chi connectivity index (χ4n) is 2.73. The molecule has 1 aromatic rings. The van der Waals surface area contributed by atoms with E-state index in [2.05, 4.69) is 22.0 Å². The van der Waals surface area contributed by atoms with Crippen LogP contribution in [0.25, 0.3) is 0 Å². The molecule has 17 heavy (non-hydrogen) atoms. The fraction of sp³-hybridized carbons (Fsp3) is 0.462. The van der Waals surface area contributed by atoms with Gasteiger partial charge in [-0.25, -0.2) is 0 Å². The van der Waals surface area contributed by atoms with Crippen molar-refractivity contribution in [2.24, 2.45) is 10.7 Å². The highest BCUT2D eigenvalue weighted by atomic mass is 16.5. The van der Waals surface area contributed by atoms with Crippen molar-refractivity contribution >= 4 is 11.6 Å². The normalized spacial score (nSPS) is 22.8. The summed E-state index contributed by atoms with van der Waals surface area (Å²) in [5.74, 6) is 0.637. The molecule has 2 N–H and O–H groups in total. The van der Waals surface area contributed by atoms with Crippen LogP contribution in [-0.4, -0.2) is 31.3 Å². The molecular weight excluding hydrogens is 214 g/mol. The van der Waals surface area contributed by atoms with Gasteiger partial charge in [0.15, 0.2) is 5.96 Å². The first kappa shape index (κ1) is 10.6. The number of ether oxygens (including phenoxy) is 1. The smallest absolute Gasteiger partial charge is 0.196 e. The molecule has 1 fully saturated rings. The quantitative estimate of drug-likeness (QED) is 0.794. The zero-order valence-corrected chi connectivity index (χ0v) is 9.80. The molecule has 2 aliphatic heterocycles. The number of hydrogen-bond donors (Lipinski definition) is 1. The third-order valence-electron chi connectivity index (χ3n) is 3.68. The lowest BCUT2D eigenvalue weighted by atomic mass is 9.88. The maximum Gasteiger partial charge on any atom is 0.196 e. The van der Waals surface area contributed by atoms with Gasteiger partial charge in [-0.3, -0.25) is 4.99 Å². The second-order valence-electron chi connectivity index (χ2n) is 4.68. The molecule has 0 radical (unpaired) electrons. The third-order valence-corrected chi connectivity index (χ3v) is 3.68. The Hall–Kier alpha value is -1.55. The minimum Gasteiger partial charge on any atom is -0.381 e. The minimum atomic E-state index is 0.0453. The van der Waals surface area contributed by atoms with Crippen LogP contribution in [0.15, 0.2) is 35.3 Å². The van der Waals surface area contributed by atoms with Gasteiger partial charge in [0, 0.05) is 18.9 Å². The van der Waals surface area contributed by atoms with Gasteiger partial charge in [0.05, 0.1) is 12.1 Å². The molecule has 1 saturated heterocycles. The molecule has 2 aliphatic rings. The van der Waals surface area contributed by atoms with Crippen LogP contribution < -0.4 is 10.6 Å². The van der Waals surface area contributed by atoms with Crippen LogP contribution in [0.2, 0.25) is 0 Å². The summed E-state index contributed by atoms with van der Waals surface area (Å²) >= 11 is 0. The standard InChI is InChI=1S/C13H17N3O/c14-12-15-10-13(6-8-17-9-7-13)16(12)11-4-2-1-3-5-11/h1-5H,6-10H2,(H2,14,15). The van der Waals surface area contributed by atoms with Crippen molar-refractivity contribution in [1.29, 1.82) is 0 Å². The van der Waals surface area contributed by atoms with Crippen LogP contribution >= 0.6 is 0 Å². The lowest BCUT2D eigenvalue weighted by Gasteiger charge is -2.41. The van der Waals surface area contributed by atoms with Gasteiger partial charge in [-0.2, -0.15) is 0 Å². The van der Waals surface area contributed by atoms with Gasteiger partial charge in [-0.05, 0) is 25.0 Å². The number of aliphatic imine (C=N–C) groups is 1. The Morgan fingerprint density at radius 1 is 1.18 bits per heavy atom. The summed E-state index contributed by atoms with van der Waals surface area (Å²) in [6.07, 6.45) is 1.98. The number of anilines is 1. The van der Waals surface area contributed by atoms with E-state index in [1.807, 2.05) is 18.2 Å². The van der Waals surface area contributed by atoms with Crippen molar-refractivity contribution in [3.05, 3.63) is 30.3 Å². The number of nitrogens with two attached hydrogens (primary N) is 1. The topological polar surface area (TPSA) is 50.9 Å². The van der Waals surface area contributed by atoms with Crippen LogP contribution in [0.1, 0.15) is 12.8 Å². The van der Waals surface area contributed by atoms with E-state index in [1.165, 1.54) is 0 Å².